The second kappa shape index (κ2) is 8.22. The van der Waals surface area contributed by atoms with E-state index in [1.807, 2.05) is 43.3 Å². The molecule has 132 valence electrons. The molecule has 0 spiro atoms. The fourth-order valence-corrected chi connectivity index (χ4v) is 2.46. The molecule has 0 saturated carbocycles. The fourth-order valence-electron chi connectivity index (χ4n) is 2.46. The highest BCUT2D eigenvalue weighted by Crippen LogP contribution is 2.22. The van der Waals surface area contributed by atoms with Crippen molar-refractivity contribution >= 4 is 17.4 Å². The number of aliphatic hydroxyl groups excluding tert-OH is 1. The van der Waals surface area contributed by atoms with E-state index in [1.54, 1.807) is 18.2 Å². The Labute approximate surface area is 152 Å². The first-order valence-corrected chi connectivity index (χ1v) is 8.31. The highest BCUT2D eigenvalue weighted by molar-refractivity contribution is 5.95. The fraction of sp³-hybridized carbons (Fsp3) is 0.150. The molecule has 6 nitrogen and oxygen atoms in total. The average molecular weight is 348 g/mol. The molecule has 3 rings (SSSR count). The van der Waals surface area contributed by atoms with Crippen molar-refractivity contribution in [3.63, 3.8) is 0 Å². The van der Waals surface area contributed by atoms with Gasteiger partial charge in [-0.15, -0.1) is 0 Å². The lowest BCUT2D eigenvalue weighted by Gasteiger charge is -2.09. The molecular weight excluding hydrogens is 328 g/mol. The number of anilines is 2. The van der Waals surface area contributed by atoms with Gasteiger partial charge in [-0.3, -0.25) is 4.79 Å². The molecule has 0 saturated heterocycles. The number of amides is 1. The van der Waals surface area contributed by atoms with Crippen LogP contribution in [0, 0.1) is 6.92 Å². The van der Waals surface area contributed by atoms with E-state index >= 15 is 0 Å². The van der Waals surface area contributed by atoms with Crippen LogP contribution in [0.4, 0.5) is 11.5 Å². The van der Waals surface area contributed by atoms with Gasteiger partial charge in [0.1, 0.15) is 12.1 Å². The first kappa shape index (κ1) is 17.6. The maximum atomic E-state index is 12.1. The lowest BCUT2D eigenvalue weighted by molar-refractivity contribution is 0.0945. The lowest BCUT2D eigenvalue weighted by Crippen LogP contribution is -2.26. The number of hydrogen-bond acceptors (Lipinski definition) is 5. The number of carbonyl (C=O) groups is 1. The topological polar surface area (TPSA) is 87.1 Å². The molecule has 0 aliphatic heterocycles. The number of nitrogens with one attached hydrogen (secondary N) is 2. The van der Waals surface area contributed by atoms with Gasteiger partial charge in [-0.2, -0.15) is 0 Å². The molecule has 3 N–H and O–H groups in total. The standard InChI is InChI=1S/C20H20N4O2/c1-14-5-7-17(8-6-14)24-19-12-18(22-13-23-19)15-3-2-4-16(11-15)20(26)21-9-10-25/h2-8,11-13,25H,9-10H2,1H3,(H,21,26)(H,22,23,24). The largest absolute Gasteiger partial charge is 0.395 e. The number of aryl methyl sites for hydroxylation is 1. The minimum atomic E-state index is -0.229. The van der Waals surface area contributed by atoms with Crippen LogP contribution in [0.1, 0.15) is 15.9 Å². The maximum absolute atomic E-state index is 12.1. The molecule has 0 aliphatic rings. The Morgan fingerprint density at radius 3 is 2.65 bits per heavy atom. The minimum Gasteiger partial charge on any atom is -0.395 e. The first-order chi connectivity index (χ1) is 12.7. The van der Waals surface area contributed by atoms with Gasteiger partial charge in [-0.25, -0.2) is 9.97 Å². The zero-order valence-electron chi connectivity index (χ0n) is 14.4. The molecule has 26 heavy (non-hydrogen) atoms. The van der Waals surface area contributed by atoms with Crippen molar-refractivity contribution in [3.8, 4) is 11.3 Å². The molecule has 0 aliphatic carbocycles. The van der Waals surface area contributed by atoms with E-state index < -0.39 is 0 Å². The number of hydrogen-bond donors (Lipinski definition) is 3. The third kappa shape index (κ3) is 4.43. The van der Waals surface area contributed by atoms with Gasteiger partial charge in [0.05, 0.1) is 12.3 Å². The van der Waals surface area contributed by atoms with Crippen molar-refractivity contribution in [3.05, 3.63) is 72.1 Å². The molecule has 1 heterocycles. The molecule has 2 aromatic carbocycles. The quantitative estimate of drug-likeness (QED) is 0.637. The normalized spacial score (nSPS) is 10.4. The van der Waals surface area contributed by atoms with Gasteiger partial charge in [0.15, 0.2) is 0 Å². The van der Waals surface area contributed by atoms with E-state index in [2.05, 4.69) is 20.6 Å². The first-order valence-electron chi connectivity index (χ1n) is 8.31. The Balaban J connectivity index is 1.81. The van der Waals surface area contributed by atoms with Crippen LogP contribution in [0.2, 0.25) is 0 Å². The highest BCUT2D eigenvalue weighted by atomic mass is 16.3. The smallest absolute Gasteiger partial charge is 0.251 e. The van der Waals surface area contributed by atoms with Crippen LogP contribution in [0.3, 0.4) is 0 Å². The third-order valence-electron chi connectivity index (χ3n) is 3.81. The second-order valence-corrected chi connectivity index (χ2v) is 5.84. The second-order valence-electron chi connectivity index (χ2n) is 5.84. The van der Waals surface area contributed by atoms with Gasteiger partial charge < -0.3 is 15.7 Å². The van der Waals surface area contributed by atoms with E-state index in [-0.39, 0.29) is 19.1 Å². The molecule has 3 aromatic rings. The number of benzene rings is 2. The molecule has 0 fully saturated rings. The SMILES string of the molecule is Cc1ccc(Nc2cc(-c3cccc(C(=O)NCCO)c3)ncn2)cc1. The summed E-state index contributed by atoms with van der Waals surface area (Å²) in [5.41, 5.74) is 4.18. The van der Waals surface area contributed by atoms with E-state index in [1.165, 1.54) is 11.9 Å². The van der Waals surface area contributed by atoms with E-state index in [0.29, 0.717) is 17.1 Å². The van der Waals surface area contributed by atoms with Crippen LogP contribution in [-0.2, 0) is 0 Å². The third-order valence-corrected chi connectivity index (χ3v) is 3.81. The number of rotatable bonds is 6. The summed E-state index contributed by atoms with van der Waals surface area (Å²) in [4.78, 5) is 20.6. The van der Waals surface area contributed by atoms with Crippen molar-refractivity contribution in [1.82, 2.24) is 15.3 Å². The summed E-state index contributed by atoms with van der Waals surface area (Å²) in [5, 5.41) is 14.7. The molecule has 0 radical (unpaired) electrons. The predicted octanol–water partition coefficient (Wildman–Crippen LogP) is 2.92. The molecule has 6 heteroatoms. The summed E-state index contributed by atoms with van der Waals surface area (Å²) in [5.74, 6) is 0.446. The van der Waals surface area contributed by atoms with Crippen molar-refractivity contribution in [2.75, 3.05) is 18.5 Å². The monoisotopic (exact) mass is 348 g/mol. The molecule has 0 bridgehead atoms. The van der Waals surface area contributed by atoms with Crippen LogP contribution in [0.25, 0.3) is 11.3 Å². The Morgan fingerprint density at radius 2 is 1.88 bits per heavy atom. The van der Waals surface area contributed by atoms with Gasteiger partial charge in [-0.05, 0) is 31.2 Å². The molecule has 1 amide bonds. The lowest BCUT2D eigenvalue weighted by atomic mass is 10.1. The zero-order chi connectivity index (χ0) is 18.4. The van der Waals surface area contributed by atoms with Crippen LogP contribution >= 0.6 is 0 Å². The van der Waals surface area contributed by atoms with Crippen molar-refractivity contribution in [2.24, 2.45) is 0 Å². The summed E-state index contributed by atoms with van der Waals surface area (Å²) < 4.78 is 0. The maximum Gasteiger partial charge on any atom is 0.251 e. The summed E-state index contributed by atoms with van der Waals surface area (Å²) in [6, 6.07) is 17.1. The Bertz CT molecular complexity index is 894. The van der Waals surface area contributed by atoms with E-state index in [9.17, 15) is 4.79 Å². The predicted molar refractivity (Wildman–Crippen MR) is 101 cm³/mol. The number of carbonyl (C=O) groups excluding carboxylic acids is 1. The Kier molecular flexibility index (Phi) is 5.56. The summed E-state index contributed by atoms with van der Waals surface area (Å²) in [7, 11) is 0. The van der Waals surface area contributed by atoms with E-state index in [4.69, 9.17) is 5.11 Å². The van der Waals surface area contributed by atoms with Gasteiger partial charge in [0.2, 0.25) is 0 Å². The van der Waals surface area contributed by atoms with Crippen molar-refractivity contribution in [1.29, 1.82) is 0 Å². The summed E-state index contributed by atoms with van der Waals surface area (Å²) >= 11 is 0. The number of aromatic nitrogens is 2. The van der Waals surface area contributed by atoms with Gasteiger partial charge in [-0.1, -0.05) is 29.8 Å². The van der Waals surface area contributed by atoms with Crippen LogP contribution in [0.15, 0.2) is 60.9 Å². The van der Waals surface area contributed by atoms with Crippen molar-refractivity contribution in [2.45, 2.75) is 6.92 Å². The molecule has 0 unspecified atom stereocenters. The molecule has 1 aromatic heterocycles. The Hall–Kier alpha value is -3.25. The number of nitrogens with zero attached hydrogens (tertiary/aromatic N) is 2. The van der Waals surface area contributed by atoms with Gasteiger partial charge in [0.25, 0.3) is 5.91 Å². The Morgan fingerprint density at radius 1 is 1.08 bits per heavy atom. The minimum absolute atomic E-state index is 0.0919. The van der Waals surface area contributed by atoms with E-state index in [0.717, 1.165) is 11.3 Å². The molecule has 0 atom stereocenters. The molecular formula is C20H20N4O2. The summed E-state index contributed by atoms with van der Waals surface area (Å²) in [6.45, 7) is 2.17. The summed E-state index contributed by atoms with van der Waals surface area (Å²) in [6.07, 6.45) is 1.49. The van der Waals surface area contributed by atoms with Crippen LogP contribution in [0.5, 0.6) is 0 Å². The van der Waals surface area contributed by atoms with Crippen LogP contribution in [-0.4, -0.2) is 34.1 Å². The van der Waals surface area contributed by atoms with Gasteiger partial charge >= 0.3 is 0 Å². The van der Waals surface area contributed by atoms with Crippen molar-refractivity contribution < 1.29 is 9.90 Å². The number of aliphatic hydroxyl groups is 1. The average Bonchev–Trinajstić information content (AvgIpc) is 2.68. The van der Waals surface area contributed by atoms with Gasteiger partial charge in [0, 0.05) is 29.4 Å². The van der Waals surface area contributed by atoms with Crippen LogP contribution < -0.4 is 10.6 Å². The zero-order valence-corrected chi connectivity index (χ0v) is 14.4. The highest BCUT2D eigenvalue weighted by Gasteiger charge is 2.08.